The fourth-order valence-corrected chi connectivity index (χ4v) is 5.55. The third-order valence-corrected chi connectivity index (χ3v) is 7.50. The van der Waals surface area contributed by atoms with Gasteiger partial charge in [-0.3, -0.25) is 0 Å². The van der Waals surface area contributed by atoms with Crippen molar-refractivity contribution in [2.45, 2.75) is 0 Å². The van der Waals surface area contributed by atoms with E-state index in [1.807, 2.05) is 6.07 Å². The largest absolute Gasteiger partial charge is 0.351 e. The Balaban J connectivity index is 1.56. The summed E-state index contributed by atoms with van der Waals surface area (Å²) in [5.74, 6) is 0. The van der Waals surface area contributed by atoms with Crippen molar-refractivity contribution in [3.63, 3.8) is 0 Å². The minimum absolute atomic E-state index is 1.15. The van der Waals surface area contributed by atoms with E-state index in [9.17, 15) is 0 Å². The van der Waals surface area contributed by atoms with Gasteiger partial charge in [-0.1, -0.05) is 158 Å². The van der Waals surface area contributed by atoms with Crippen LogP contribution in [-0.2, 0) is 0 Å². The Morgan fingerprint density at radius 2 is 0.738 bits per heavy atom. The highest BCUT2D eigenvalue weighted by atomic mass is 15.1. The van der Waals surface area contributed by atoms with Gasteiger partial charge in [0.15, 0.2) is 0 Å². The number of para-hydroxylation sites is 1. The Hall–Kier alpha value is -5.40. The maximum atomic E-state index is 2.27. The molecule has 0 amide bonds. The number of hydrogen-bond donors (Lipinski definition) is 0. The first-order valence-corrected chi connectivity index (χ1v) is 14.4. The molecule has 42 heavy (non-hydrogen) atoms. The van der Waals surface area contributed by atoms with Gasteiger partial charge in [-0.05, 0) is 68.3 Å². The summed E-state index contributed by atoms with van der Waals surface area (Å²) < 4.78 is 0. The molecule has 0 radical (unpaired) electrons. The van der Waals surface area contributed by atoms with Crippen LogP contribution in [0.4, 0.5) is 5.69 Å². The Bertz CT molecular complexity index is 1670. The minimum Gasteiger partial charge on any atom is -0.351 e. The highest BCUT2D eigenvalue weighted by molar-refractivity contribution is 6.34. The molecule has 0 saturated heterocycles. The molecule has 0 bridgehead atoms. The van der Waals surface area contributed by atoms with Gasteiger partial charge < -0.3 is 4.90 Å². The maximum absolute atomic E-state index is 2.27. The topological polar surface area (TPSA) is 3.24 Å². The molecule has 5 aromatic rings. The second-order valence-corrected chi connectivity index (χ2v) is 10.2. The molecule has 202 valence electrons. The van der Waals surface area contributed by atoms with Gasteiger partial charge in [0.25, 0.3) is 0 Å². The summed E-state index contributed by atoms with van der Waals surface area (Å²) in [6.45, 7) is 0. The van der Waals surface area contributed by atoms with Gasteiger partial charge in [0, 0.05) is 18.9 Å². The summed E-state index contributed by atoms with van der Waals surface area (Å²) in [6, 6.07) is 53.6. The van der Waals surface area contributed by atoms with Gasteiger partial charge in [0.2, 0.25) is 0 Å². The average Bonchev–Trinajstić information content (AvgIpc) is 3.41. The average molecular weight is 540 g/mol. The normalized spacial score (nSPS) is 13.4. The zero-order valence-corrected chi connectivity index (χ0v) is 23.8. The molecule has 0 fully saturated rings. The van der Waals surface area contributed by atoms with Crippen molar-refractivity contribution in [3.05, 3.63) is 210 Å². The smallest absolute Gasteiger partial charge is 0.0403 e. The van der Waals surface area contributed by atoms with Crippen molar-refractivity contribution < 1.29 is 0 Å². The van der Waals surface area contributed by atoms with Crippen LogP contribution in [0.15, 0.2) is 188 Å². The summed E-state index contributed by atoms with van der Waals surface area (Å²) in [5, 5.41) is 0. The molecule has 1 aliphatic rings. The maximum Gasteiger partial charge on any atom is 0.0403 e. The zero-order chi connectivity index (χ0) is 28.6. The number of nitrogens with zero attached hydrogens (tertiary/aromatic N) is 1. The van der Waals surface area contributed by atoms with Crippen molar-refractivity contribution in [2.24, 2.45) is 0 Å². The molecular formula is C41H33N. The summed E-state index contributed by atoms with van der Waals surface area (Å²) in [4.78, 5) is 2.12. The van der Waals surface area contributed by atoms with Gasteiger partial charge in [-0.2, -0.15) is 0 Å². The van der Waals surface area contributed by atoms with Crippen LogP contribution in [0.1, 0.15) is 22.3 Å². The molecule has 0 N–H and O–H groups in total. The number of anilines is 1. The number of allylic oxidation sites excluding steroid dienone is 9. The van der Waals surface area contributed by atoms with Crippen LogP contribution >= 0.6 is 0 Å². The summed E-state index contributed by atoms with van der Waals surface area (Å²) in [7, 11) is 2.07. The van der Waals surface area contributed by atoms with Crippen molar-refractivity contribution in [1.29, 1.82) is 0 Å². The van der Waals surface area contributed by atoms with Gasteiger partial charge in [-0.25, -0.2) is 0 Å². The first-order chi connectivity index (χ1) is 20.8. The van der Waals surface area contributed by atoms with Crippen LogP contribution in [-0.4, -0.2) is 7.05 Å². The van der Waals surface area contributed by atoms with Crippen molar-refractivity contribution in [2.75, 3.05) is 11.9 Å². The molecule has 5 aromatic carbocycles. The predicted molar refractivity (Wildman–Crippen MR) is 181 cm³/mol. The third-order valence-electron chi connectivity index (χ3n) is 7.50. The number of rotatable bonds is 8. The molecule has 6 rings (SSSR count). The van der Waals surface area contributed by atoms with E-state index in [-0.39, 0.29) is 0 Å². The highest BCUT2D eigenvalue weighted by Crippen LogP contribution is 2.54. The summed E-state index contributed by atoms with van der Waals surface area (Å²) >= 11 is 0. The van der Waals surface area contributed by atoms with Crippen LogP contribution < -0.4 is 4.90 Å². The van der Waals surface area contributed by atoms with Crippen LogP contribution in [0, 0.1) is 0 Å². The Kier molecular flexibility index (Phi) is 8.20. The molecule has 0 aromatic heterocycles. The summed E-state index contributed by atoms with van der Waals surface area (Å²) in [6.07, 6.45) is 10.7. The molecule has 0 spiro atoms. The lowest BCUT2D eigenvalue weighted by Crippen LogP contribution is -2.06. The van der Waals surface area contributed by atoms with Crippen LogP contribution in [0.2, 0.25) is 0 Å². The lowest BCUT2D eigenvalue weighted by molar-refractivity contribution is 1.20. The van der Waals surface area contributed by atoms with Crippen LogP contribution in [0.25, 0.3) is 22.3 Å². The molecule has 1 nitrogen and oxygen atoms in total. The van der Waals surface area contributed by atoms with E-state index in [2.05, 4.69) is 188 Å². The minimum atomic E-state index is 1.15. The van der Waals surface area contributed by atoms with E-state index in [4.69, 9.17) is 0 Å². The van der Waals surface area contributed by atoms with E-state index in [1.54, 1.807) is 0 Å². The summed E-state index contributed by atoms with van der Waals surface area (Å²) in [5.41, 5.74) is 12.2. The molecule has 0 heterocycles. The molecule has 0 atom stereocenters. The third kappa shape index (κ3) is 5.73. The van der Waals surface area contributed by atoms with Gasteiger partial charge >= 0.3 is 0 Å². The number of hydrogen-bond acceptors (Lipinski definition) is 1. The second kappa shape index (κ2) is 12.8. The zero-order valence-electron chi connectivity index (χ0n) is 23.8. The molecule has 1 aliphatic carbocycles. The van der Waals surface area contributed by atoms with Gasteiger partial charge in [0.1, 0.15) is 0 Å². The SMILES string of the molecule is CN(/C=C/C=C/C=C1C(c2ccccc2)=C(c2ccccc2)C(c2ccccc2)=C1c1ccccc1)c1ccccc1. The predicted octanol–water partition coefficient (Wildman–Crippen LogP) is 10.4. The first kappa shape index (κ1) is 26.8. The van der Waals surface area contributed by atoms with Crippen molar-refractivity contribution >= 4 is 28.0 Å². The van der Waals surface area contributed by atoms with Crippen LogP contribution in [0.3, 0.4) is 0 Å². The van der Waals surface area contributed by atoms with Crippen molar-refractivity contribution in [3.8, 4) is 0 Å². The fourth-order valence-electron chi connectivity index (χ4n) is 5.55. The Morgan fingerprint density at radius 3 is 1.14 bits per heavy atom. The van der Waals surface area contributed by atoms with Crippen molar-refractivity contribution in [1.82, 2.24) is 0 Å². The second-order valence-electron chi connectivity index (χ2n) is 10.2. The fraction of sp³-hybridized carbons (Fsp3) is 0.0244. The van der Waals surface area contributed by atoms with E-state index < -0.39 is 0 Å². The molecule has 1 heteroatoms. The van der Waals surface area contributed by atoms with Crippen LogP contribution in [0.5, 0.6) is 0 Å². The first-order valence-electron chi connectivity index (χ1n) is 14.4. The lowest BCUT2D eigenvalue weighted by atomic mass is 9.89. The quantitative estimate of drug-likeness (QED) is 0.177. The standard InChI is InChI=1S/C41H33N/c1-42(36-28-16-6-17-29-36)31-19-7-18-30-37-38(32-20-8-2-9-21-32)40(34-24-12-4-13-25-34)41(35-26-14-5-15-27-35)39(37)33-22-10-3-11-23-33/h2-31H,1H3/b18-7+,31-19+. The monoisotopic (exact) mass is 539 g/mol. The molecule has 0 unspecified atom stereocenters. The van der Waals surface area contributed by atoms with E-state index >= 15 is 0 Å². The van der Waals surface area contributed by atoms with E-state index in [0.29, 0.717) is 0 Å². The van der Waals surface area contributed by atoms with Gasteiger partial charge in [0.05, 0.1) is 0 Å². The highest BCUT2D eigenvalue weighted by Gasteiger charge is 2.32. The molecular weight excluding hydrogens is 506 g/mol. The number of benzene rings is 5. The van der Waals surface area contributed by atoms with E-state index in [1.165, 1.54) is 50.1 Å². The van der Waals surface area contributed by atoms with E-state index in [0.717, 1.165) is 5.69 Å². The lowest BCUT2D eigenvalue weighted by Gasteiger charge is -2.14. The molecule has 0 aliphatic heterocycles. The van der Waals surface area contributed by atoms with Gasteiger partial charge in [-0.15, -0.1) is 0 Å². The Morgan fingerprint density at radius 1 is 0.381 bits per heavy atom. The Labute approximate surface area is 249 Å². The molecule has 0 saturated carbocycles.